The topological polar surface area (TPSA) is 101 Å². The molecule has 2 aromatic rings. The third-order valence-electron chi connectivity index (χ3n) is 3.99. The number of carboxylic acid groups (broad SMARTS) is 1. The Morgan fingerprint density at radius 3 is 2.52 bits per heavy atom. The number of carboxylic acids is 1. The number of aliphatic imine (C=N–C) groups is 1. The van der Waals surface area contributed by atoms with Crippen molar-refractivity contribution in [1.82, 2.24) is 10.3 Å². The van der Waals surface area contributed by atoms with Crippen LogP contribution in [0.15, 0.2) is 40.4 Å². The summed E-state index contributed by atoms with van der Waals surface area (Å²) in [6.45, 7) is 10.7. The monoisotopic (exact) mass is 443 g/mol. The fourth-order valence-corrected chi connectivity index (χ4v) is 2.95. The lowest BCUT2D eigenvalue weighted by atomic mass is 10.0. The van der Waals surface area contributed by atoms with Crippen molar-refractivity contribution in [3.63, 3.8) is 0 Å². The molecule has 1 heterocycles. The number of carbonyl (C=O) groups is 2. The second-order valence-electron chi connectivity index (χ2n) is 7.96. The lowest BCUT2D eigenvalue weighted by Crippen LogP contribution is -2.32. The van der Waals surface area contributed by atoms with Gasteiger partial charge in [-0.2, -0.15) is 0 Å². The van der Waals surface area contributed by atoms with Crippen molar-refractivity contribution in [1.29, 1.82) is 0 Å². The molecule has 1 aromatic carbocycles. The number of rotatable bonds is 7. The highest BCUT2D eigenvalue weighted by Gasteiger charge is 2.16. The lowest BCUT2D eigenvalue weighted by Gasteiger charge is -2.19. The highest BCUT2D eigenvalue weighted by Crippen LogP contribution is 2.25. The number of allylic oxidation sites excluding steroid dienone is 1. The summed E-state index contributed by atoms with van der Waals surface area (Å²) in [7, 11) is 0. The summed E-state index contributed by atoms with van der Waals surface area (Å²) < 4.78 is 5.21. The summed E-state index contributed by atoms with van der Waals surface area (Å²) in [6, 6.07) is 8.54. The Hall–Kier alpha value is -3.19. The Morgan fingerprint density at radius 2 is 1.94 bits per heavy atom. The maximum atomic E-state index is 11.9. The Morgan fingerprint density at radius 1 is 1.26 bits per heavy atom. The maximum absolute atomic E-state index is 11.9. The third kappa shape index (κ3) is 7.86. The number of benzene rings is 1. The van der Waals surface area contributed by atoms with Gasteiger partial charge in [-0.25, -0.2) is 9.59 Å². The number of alkyl carbamates (subject to hydrolysis) is 1. The smallest absolute Gasteiger partial charge is 0.407 e. The van der Waals surface area contributed by atoms with Crippen LogP contribution in [0.2, 0.25) is 0 Å². The number of nitrogens with zero attached hydrogens (tertiary/aromatic N) is 2. The van der Waals surface area contributed by atoms with Crippen LogP contribution in [0, 0.1) is 0 Å². The second kappa shape index (κ2) is 10.2. The van der Waals surface area contributed by atoms with E-state index in [1.165, 1.54) is 12.1 Å². The Labute approximate surface area is 186 Å². The van der Waals surface area contributed by atoms with E-state index in [4.69, 9.17) is 16.3 Å². The molecule has 164 valence electrons. The van der Waals surface area contributed by atoms with Crippen LogP contribution in [-0.4, -0.2) is 34.5 Å². The van der Waals surface area contributed by atoms with Gasteiger partial charge in [0.15, 0.2) is 0 Å². The number of pyridine rings is 1. The van der Waals surface area contributed by atoms with Gasteiger partial charge in [-0.3, -0.25) is 9.98 Å². The molecule has 31 heavy (non-hydrogen) atoms. The molecule has 0 bridgehead atoms. The quantitative estimate of drug-likeness (QED) is 0.563. The van der Waals surface area contributed by atoms with Crippen molar-refractivity contribution in [2.75, 3.05) is 0 Å². The van der Waals surface area contributed by atoms with Crippen LogP contribution in [0.25, 0.3) is 6.08 Å². The van der Waals surface area contributed by atoms with Crippen molar-refractivity contribution < 1.29 is 19.4 Å². The van der Waals surface area contributed by atoms with E-state index in [0.717, 1.165) is 11.1 Å². The standard InChI is InChI=1S/C23H26ClN3O4/c1-14(24)8-16-9-15(6-7-20(16)25-5)10-18-11-17(21(28)29)12-19(27-18)13-26-22(30)31-23(2,3)4/h6-9,11-12H,5,10,13H2,1-4H3,(H,26,30)(H,28,29)/b14-8+. The summed E-state index contributed by atoms with van der Waals surface area (Å²) >= 11 is 6.01. The summed E-state index contributed by atoms with van der Waals surface area (Å²) in [5, 5.41) is 12.7. The zero-order valence-corrected chi connectivity index (χ0v) is 18.8. The second-order valence-corrected chi connectivity index (χ2v) is 8.55. The molecular weight excluding hydrogens is 418 g/mol. The molecule has 0 radical (unpaired) electrons. The highest BCUT2D eigenvalue weighted by atomic mass is 35.5. The van der Waals surface area contributed by atoms with Crippen LogP contribution >= 0.6 is 11.6 Å². The average molecular weight is 444 g/mol. The predicted molar refractivity (Wildman–Crippen MR) is 122 cm³/mol. The van der Waals surface area contributed by atoms with Gasteiger partial charge in [0.05, 0.1) is 23.5 Å². The van der Waals surface area contributed by atoms with Crippen molar-refractivity contribution in [3.05, 3.63) is 63.4 Å². The van der Waals surface area contributed by atoms with Gasteiger partial charge in [0.2, 0.25) is 0 Å². The van der Waals surface area contributed by atoms with Crippen molar-refractivity contribution in [2.24, 2.45) is 4.99 Å². The highest BCUT2D eigenvalue weighted by molar-refractivity contribution is 6.31. The molecule has 8 heteroatoms. The molecule has 0 spiro atoms. The summed E-state index contributed by atoms with van der Waals surface area (Å²) in [4.78, 5) is 32.0. The predicted octanol–water partition coefficient (Wildman–Crippen LogP) is 5.33. The number of hydrogen-bond acceptors (Lipinski definition) is 5. The first-order valence-electron chi connectivity index (χ1n) is 9.60. The van der Waals surface area contributed by atoms with E-state index in [-0.39, 0.29) is 12.1 Å². The van der Waals surface area contributed by atoms with Crippen molar-refractivity contribution in [2.45, 2.75) is 46.3 Å². The molecule has 0 fully saturated rings. The van der Waals surface area contributed by atoms with Gasteiger partial charge in [-0.05, 0) is 70.3 Å². The number of nitrogens with one attached hydrogen (secondary N) is 1. The molecule has 0 aliphatic carbocycles. The fraction of sp³-hybridized carbons (Fsp3) is 0.304. The van der Waals surface area contributed by atoms with E-state index >= 15 is 0 Å². The zero-order chi connectivity index (χ0) is 23.2. The number of halogens is 1. The summed E-state index contributed by atoms with van der Waals surface area (Å²) in [5.74, 6) is -1.07. The van der Waals surface area contributed by atoms with Gasteiger partial charge in [-0.15, -0.1) is 0 Å². The van der Waals surface area contributed by atoms with Crippen LogP contribution in [0.3, 0.4) is 0 Å². The van der Waals surface area contributed by atoms with E-state index < -0.39 is 17.7 Å². The number of carbonyl (C=O) groups excluding carboxylic acids is 1. The molecule has 0 aliphatic rings. The molecule has 2 rings (SSSR count). The number of aromatic carboxylic acids is 1. The molecule has 2 N–H and O–H groups in total. The Kier molecular flexibility index (Phi) is 7.94. The van der Waals surface area contributed by atoms with Gasteiger partial charge >= 0.3 is 12.1 Å². The SMILES string of the molecule is C=Nc1ccc(Cc2cc(C(=O)O)cc(CNC(=O)OC(C)(C)C)n2)cc1/C=C(\C)Cl. The van der Waals surface area contributed by atoms with E-state index in [1.54, 1.807) is 33.8 Å². The normalized spacial score (nSPS) is 11.7. The molecule has 0 unspecified atom stereocenters. The van der Waals surface area contributed by atoms with E-state index in [1.807, 2.05) is 18.2 Å². The van der Waals surface area contributed by atoms with Gasteiger partial charge in [0.25, 0.3) is 0 Å². The fourth-order valence-electron chi connectivity index (χ4n) is 2.83. The first-order chi connectivity index (χ1) is 14.5. The maximum Gasteiger partial charge on any atom is 0.407 e. The molecule has 0 aliphatic heterocycles. The van der Waals surface area contributed by atoms with Gasteiger partial charge < -0.3 is 15.2 Å². The molecule has 0 saturated heterocycles. The van der Waals surface area contributed by atoms with Crippen molar-refractivity contribution in [3.8, 4) is 0 Å². The number of amides is 1. The first kappa shape index (κ1) is 24.1. The minimum Gasteiger partial charge on any atom is -0.478 e. The molecule has 7 nitrogen and oxygen atoms in total. The number of ether oxygens (including phenoxy) is 1. The third-order valence-corrected chi connectivity index (χ3v) is 4.10. The van der Waals surface area contributed by atoms with E-state index in [2.05, 4.69) is 22.0 Å². The molecule has 0 saturated carbocycles. The summed E-state index contributed by atoms with van der Waals surface area (Å²) in [5.41, 5.74) is 2.83. The molecule has 0 atom stereocenters. The minimum absolute atomic E-state index is 0.0434. The number of aromatic nitrogens is 1. The van der Waals surface area contributed by atoms with Crippen LogP contribution in [0.4, 0.5) is 10.5 Å². The van der Waals surface area contributed by atoms with Gasteiger partial charge in [-0.1, -0.05) is 17.7 Å². The lowest BCUT2D eigenvalue weighted by molar-refractivity contribution is 0.0522. The average Bonchev–Trinajstić information content (AvgIpc) is 2.64. The van der Waals surface area contributed by atoms with E-state index in [0.29, 0.717) is 28.5 Å². The minimum atomic E-state index is -1.07. The molecule has 1 aromatic heterocycles. The molecular formula is C23H26ClN3O4. The van der Waals surface area contributed by atoms with Crippen LogP contribution in [0.1, 0.15) is 60.6 Å². The first-order valence-corrected chi connectivity index (χ1v) is 9.98. The van der Waals surface area contributed by atoms with Crippen molar-refractivity contribution >= 4 is 42.1 Å². The Bertz CT molecular complexity index is 1020. The zero-order valence-electron chi connectivity index (χ0n) is 18.0. The van der Waals surface area contributed by atoms with Crippen LogP contribution < -0.4 is 5.32 Å². The molecule has 1 amide bonds. The largest absolute Gasteiger partial charge is 0.478 e. The number of hydrogen-bond donors (Lipinski definition) is 2. The van der Waals surface area contributed by atoms with Gasteiger partial charge in [0, 0.05) is 22.7 Å². The van der Waals surface area contributed by atoms with Crippen LogP contribution in [-0.2, 0) is 17.7 Å². The van der Waals surface area contributed by atoms with E-state index in [9.17, 15) is 14.7 Å². The van der Waals surface area contributed by atoms with Crippen LogP contribution in [0.5, 0.6) is 0 Å². The Balaban J connectivity index is 2.28. The van der Waals surface area contributed by atoms with Gasteiger partial charge in [0.1, 0.15) is 5.60 Å². The summed E-state index contributed by atoms with van der Waals surface area (Å²) in [6.07, 6.45) is 1.57.